The van der Waals surface area contributed by atoms with Gasteiger partial charge >= 0.3 is 0 Å². The van der Waals surface area contributed by atoms with Gasteiger partial charge < -0.3 is 9.13 Å². The molecule has 4 rings (SSSR count). The van der Waals surface area contributed by atoms with Gasteiger partial charge in [0.2, 0.25) is 0 Å². The lowest BCUT2D eigenvalue weighted by molar-refractivity contribution is 0.703. The minimum Gasteiger partial charge on any atom is -0.333 e. The van der Waals surface area contributed by atoms with Gasteiger partial charge in [0.05, 0.1) is 23.9 Å². The number of hydrogen-bond acceptors (Lipinski definition) is 3. The first-order valence-corrected chi connectivity index (χ1v) is 9.03. The molecule has 0 saturated carbocycles. The number of hydrogen-bond donors (Lipinski definition) is 0. The highest BCUT2D eigenvalue weighted by Crippen LogP contribution is 2.27. The summed E-state index contributed by atoms with van der Waals surface area (Å²) in [5.74, 6) is 0.992. The number of aryl methyl sites for hydroxylation is 3. The second kappa shape index (κ2) is 6.75. The van der Waals surface area contributed by atoms with E-state index in [0.29, 0.717) is 0 Å². The second-order valence-corrected chi connectivity index (χ2v) is 6.83. The molecule has 0 unspecified atom stereocenters. The summed E-state index contributed by atoms with van der Waals surface area (Å²) in [6.07, 6.45) is 10.5. The van der Waals surface area contributed by atoms with Crippen LogP contribution in [-0.4, -0.2) is 24.1 Å². The minimum absolute atomic E-state index is 0.757. The SMILES string of the molecule is CCCn1c(-c2cncc(Cn3ccnc3)c2)nc2cc(C)c(C)cc21. The van der Waals surface area contributed by atoms with Gasteiger partial charge in [0, 0.05) is 36.9 Å². The molecule has 0 atom stereocenters. The molecule has 0 bridgehead atoms. The van der Waals surface area contributed by atoms with Gasteiger partial charge in [-0.3, -0.25) is 4.98 Å². The van der Waals surface area contributed by atoms with Gasteiger partial charge in [0.1, 0.15) is 5.82 Å². The van der Waals surface area contributed by atoms with Crippen molar-refractivity contribution in [3.63, 3.8) is 0 Å². The van der Waals surface area contributed by atoms with Gasteiger partial charge in [-0.2, -0.15) is 0 Å². The normalized spacial score (nSPS) is 11.3. The maximum absolute atomic E-state index is 4.95. The molecule has 0 spiro atoms. The van der Waals surface area contributed by atoms with Crippen molar-refractivity contribution in [2.24, 2.45) is 0 Å². The Bertz CT molecular complexity index is 1040. The van der Waals surface area contributed by atoms with Crippen molar-refractivity contribution in [3.8, 4) is 11.4 Å². The van der Waals surface area contributed by atoms with Gasteiger partial charge in [-0.15, -0.1) is 0 Å². The van der Waals surface area contributed by atoms with Crippen molar-refractivity contribution in [3.05, 3.63) is 66.0 Å². The predicted molar refractivity (Wildman–Crippen MR) is 104 cm³/mol. The van der Waals surface area contributed by atoms with Crippen LogP contribution in [0.4, 0.5) is 0 Å². The first-order valence-electron chi connectivity index (χ1n) is 9.03. The summed E-state index contributed by atoms with van der Waals surface area (Å²) < 4.78 is 4.36. The summed E-state index contributed by atoms with van der Waals surface area (Å²) in [5.41, 5.74) is 7.03. The van der Waals surface area contributed by atoms with Gasteiger partial charge in [-0.1, -0.05) is 6.92 Å². The number of benzene rings is 1. The topological polar surface area (TPSA) is 48.5 Å². The summed E-state index contributed by atoms with van der Waals surface area (Å²) >= 11 is 0. The molecule has 3 aromatic heterocycles. The molecule has 26 heavy (non-hydrogen) atoms. The molecule has 0 N–H and O–H groups in total. The Morgan fingerprint density at radius 3 is 2.62 bits per heavy atom. The molecular formula is C21H23N5. The smallest absolute Gasteiger partial charge is 0.142 e. The highest BCUT2D eigenvalue weighted by molar-refractivity contribution is 5.82. The standard InChI is InChI=1S/C21H23N5/c1-4-6-26-20-9-16(3)15(2)8-19(20)24-21(26)18-10-17(11-23-12-18)13-25-7-5-22-14-25/h5,7-12,14H,4,6,13H2,1-3H3. The first kappa shape index (κ1) is 16.5. The van der Waals surface area contributed by atoms with E-state index in [4.69, 9.17) is 4.98 Å². The third-order valence-electron chi connectivity index (χ3n) is 4.79. The van der Waals surface area contributed by atoms with Crippen LogP contribution < -0.4 is 0 Å². The van der Waals surface area contributed by atoms with E-state index in [0.717, 1.165) is 42.0 Å². The Morgan fingerprint density at radius 1 is 1.00 bits per heavy atom. The van der Waals surface area contributed by atoms with E-state index >= 15 is 0 Å². The Hall–Kier alpha value is -2.95. The van der Waals surface area contributed by atoms with Gasteiger partial charge in [0.25, 0.3) is 0 Å². The van der Waals surface area contributed by atoms with Gasteiger partial charge in [-0.25, -0.2) is 9.97 Å². The van der Waals surface area contributed by atoms with Crippen LogP contribution in [0.25, 0.3) is 22.4 Å². The number of fused-ring (bicyclic) bond motifs is 1. The van der Waals surface area contributed by atoms with Crippen LogP contribution in [0.3, 0.4) is 0 Å². The number of nitrogens with zero attached hydrogens (tertiary/aromatic N) is 5. The summed E-state index contributed by atoms with van der Waals surface area (Å²) in [4.78, 5) is 13.5. The third kappa shape index (κ3) is 3.01. The lowest BCUT2D eigenvalue weighted by atomic mass is 10.1. The van der Waals surface area contributed by atoms with Crippen LogP contribution in [0.5, 0.6) is 0 Å². The van der Waals surface area contributed by atoms with Crippen LogP contribution in [0, 0.1) is 13.8 Å². The number of aromatic nitrogens is 5. The van der Waals surface area contributed by atoms with Crippen LogP contribution in [0.15, 0.2) is 49.3 Å². The molecule has 5 nitrogen and oxygen atoms in total. The Balaban J connectivity index is 1.81. The van der Waals surface area contributed by atoms with Crippen molar-refractivity contribution in [2.75, 3.05) is 0 Å². The molecular weight excluding hydrogens is 322 g/mol. The summed E-state index contributed by atoms with van der Waals surface area (Å²) in [6, 6.07) is 6.61. The fraction of sp³-hybridized carbons (Fsp3) is 0.286. The van der Waals surface area contributed by atoms with Crippen LogP contribution in [-0.2, 0) is 13.1 Å². The molecule has 4 aromatic rings. The van der Waals surface area contributed by atoms with E-state index in [9.17, 15) is 0 Å². The van der Waals surface area contributed by atoms with Gasteiger partial charge in [0.15, 0.2) is 0 Å². The van der Waals surface area contributed by atoms with Crippen LogP contribution in [0.1, 0.15) is 30.0 Å². The zero-order valence-electron chi connectivity index (χ0n) is 15.5. The number of rotatable bonds is 5. The number of imidazole rings is 2. The molecule has 1 aromatic carbocycles. The average Bonchev–Trinajstić information content (AvgIpc) is 3.25. The highest BCUT2D eigenvalue weighted by atomic mass is 15.1. The lowest BCUT2D eigenvalue weighted by Gasteiger charge is -2.10. The summed E-state index contributed by atoms with van der Waals surface area (Å²) in [6.45, 7) is 8.20. The Labute approximate surface area is 153 Å². The predicted octanol–water partition coefficient (Wildman–Crippen LogP) is 4.37. The molecule has 0 aliphatic heterocycles. The highest BCUT2D eigenvalue weighted by Gasteiger charge is 2.14. The Morgan fingerprint density at radius 2 is 1.85 bits per heavy atom. The fourth-order valence-electron chi connectivity index (χ4n) is 3.34. The fourth-order valence-corrected chi connectivity index (χ4v) is 3.34. The molecule has 0 amide bonds. The second-order valence-electron chi connectivity index (χ2n) is 6.83. The Kier molecular flexibility index (Phi) is 4.29. The lowest BCUT2D eigenvalue weighted by Crippen LogP contribution is -2.02. The maximum atomic E-state index is 4.95. The van der Waals surface area contributed by atoms with E-state index < -0.39 is 0 Å². The maximum Gasteiger partial charge on any atom is 0.142 e. The van der Waals surface area contributed by atoms with E-state index in [1.54, 1.807) is 6.20 Å². The monoisotopic (exact) mass is 345 g/mol. The van der Waals surface area contributed by atoms with Crippen molar-refractivity contribution < 1.29 is 0 Å². The van der Waals surface area contributed by atoms with E-state index in [1.165, 1.54) is 16.6 Å². The van der Waals surface area contributed by atoms with Gasteiger partial charge in [-0.05, 0) is 55.2 Å². The molecule has 5 heteroatoms. The number of pyridine rings is 1. The van der Waals surface area contributed by atoms with Crippen LogP contribution >= 0.6 is 0 Å². The summed E-state index contributed by atoms with van der Waals surface area (Å²) in [5, 5.41) is 0. The molecule has 0 saturated heterocycles. The zero-order valence-corrected chi connectivity index (χ0v) is 15.5. The van der Waals surface area contributed by atoms with E-state index in [-0.39, 0.29) is 0 Å². The van der Waals surface area contributed by atoms with Crippen molar-refractivity contribution in [1.29, 1.82) is 0 Å². The minimum atomic E-state index is 0.757. The molecule has 0 radical (unpaired) electrons. The van der Waals surface area contributed by atoms with Crippen molar-refractivity contribution in [1.82, 2.24) is 24.1 Å². The van der Waals surface area contributed by atoms with Crippen LogP contribution in [0.2, 0.25) is 0 Å². The van der Waals surface area contributed by atoms with Crippen molar-refractivity contribution in [2.45, 2.75) is 40.3 Å². The molecule has 0 aliphatic carbocycles. The largest absolute Gasteiger partial charge is 0.333 e. The zero-order chi connectivity index (χ0) is 18.1. The van der Waals surface area contributed by atoms with E-state index in [1.807, 2.05) is 29.5 Å². The quantitative estimate of drug-likeness (QED) is 0.540. The first-order chi connectivity index (χ1) is 12.7. The van der Waals surface area contributed by atoms with E-state index in [2.05, 4.69) is 53.5 Å². The molecule has 0 fully saturated rings. The molecule has 3 heterocycles. The molecule has 132 valence electrons. The van der Waals surface area contributed by atoms with Crippen molar-refractivity contribution >= 4 is 11.0 Å². The third-order valence-corrected chi connectivity index (χ3v) is 4.79. The summed E-state index contributed by atoms with van der Waals surface area (Å²) in [7, 11) is 0. The molecule has 0 aliphatic rings. The average molecular weight is 345 g/mol.